The average Bonchev–Trinajstić information content (AvgIpc) is 2.82. The first-order valence-electron chi connectivity index (χ1n) is 10.7. The van der Waals surface area contributed by atoms with Crippen LogP contribution in [0, 0.1) is 0 Å². The van der Waals surface area contributed by atoms with Crippen molar-refractivity contribution in [3.8, 4) is 5.75 Å². The zero-order chi connectivity index (χ0) is 23.8. The number of carbonyl (C=O) groups is 1. The molecule has 0 saturated carbocycles. The van der Waals surface area contributed by atoms with Gasteiger partial charge in [0.25, 0.3) is 10.0 Å². The third-order valence-corrected chi connectivity index (χ3v) is 7.11. The van der Waals surface area contributed by atoms with E-state index in [1.54, 1.807) is 24.3 Å². The fourth-order valence-corrected chi connectivity index (χ4v) is 4.95. The van der Waals surface area contributed by atoms with Crippen LogP contribution in [-0.2, 0) is 14.8 Å². The van der Waals surface area contributed by atoms with Gasteiger partial charge in [-0.05, 0) is 67.4 Å². The topological polar surface area (TPSA) is 75.7 Å². The fourth-order valence-electron chi connectivity index (χ4n) is 3.40. The normalized spacial score (nSPS) is 12.1. The van der Waals surface area contributed by atoms with Crippen molar-refractivity contribution in [1.82, 2.24) is 5.32 Å². The van der Waals surface area contributed by atoms with E-state index in [-0.39, 0.29) is 17.5 Å². The second-order valence-electron chi connectivity index (χ2n) is 7.33. The lowest BCUT2D eigenvalue weighted by Crippen LogP contribution is -2.42. The summed E-state index contributed by atoms with van der Waals surface area (Å²) in [4.78, 5) is 13.1. The summed E-state index contributed by atoms with van der Waals surface area (Å²) in [6, 6.07) is 21.8. The van der Waals surface area contributed by atoms with Gasteiger partial charge in [0.2, 0.25) is 5.91 Å². The Balaban J connectivity index is 1.91. The highest BCUT2D eigenvalue weighted by atomic mass is 35.5. The Labute approximate surface area is 200 Å². The molecule has 1 amide bonds. The van der Waals surface area contributed by atoms with Crippen LogP contribution in [0.4, 0.5) is 5.69 Å². The Kier molecular flexibility index (Phi) is 8.36. The number of nitrogens with one attached hydrogen (secondary N) is 1. The number of halogens is 1. The van der Waals surface area contributed by atoms with E-state index in [0.717, 1.165) is 9.87 Å². The standard InChI is InChI=1S/C25H27ClN2O4S/c1-3-24(19-8-6-5-7-9-19)27-25(29)18-28(21-12-14-22(15-13-21)32-4-2)33(30,31)23-16-10-20(26)11-17-23/h5-17,24H,3-4,18H2,1-2H3,(H,27,29)/t24-/m0/s1. The molecule has 8 heteroatoms. The minimum Gasteiger partial charge on any atom is -0.494 e. The molecule has 0 saturated heterocycles. The van der Waals surface area contributed by atoms with Gasteiger partial charge >= 0.3 is 0 Å². The smallest absolute Gasteiger partial charge is 0.264 e. The number of hydrogen-bond donors (Lipinski definition) is 1. The van der Waals surface area contributed by atoms with Crippen molar-refractivity contribution < 1.29 is 17.9 Å². The Morgan fingerprint density at radius 2 is 1.61 bits per heavy atom. The molecule has 3 aromatic carbocycles. The molecule has 0 aromatic heterocycles. The summed E-state index contributed by atoms with van der Waals surface area (Å²) in [5, 5.41) is 3.38. The molecule has 1 atom stereocenters. The van der Waals surface area contributed by atoms with E-state index < -0.39 is 15.9 Å². The highest BCUT2D eigenvalue weighted by Crippen LogP contribution is 2.27. The van der Waals surface area contributed by atoms with Crippen LogP contribution in [0.2, 0.25) is 5.02 Å². The number of carbonyl (C=O) groups excluding carboxylic acids is 1. The van der Waals surface area contributed by atoms with Crippen LogP contribution in [0.25, 0.3) is 0 Å². The number of nitrogens with zero attached hydrogens (tertiary/aromatic N) is 1. The number of anilines is 1. The summed E-state index contributed by atoms with van der Waals surface area (Å²) >= 11 is 5.93. The van der Waals surface area contributed by atoms with Crippen LogP contribution in [0.3, 0.4) is 0 Å². The van der Waals surface area contributed by atoms with Crippen LogP contribution in [0.1, 0.15) is 31.9 Å². The van der Waals surface area contributed by atoms with Crippen LogP contribution in [0.15, 0.2) is 83.8 Å². The molecule has 0 fully saturated rings. The second kappa shape index (κ2) is 11.2. The van der Waals surface area contributed by atoms with Crippen molar-refractivity contribution in [3.05, 3.63) is 89.4 Å². The molecule has 1 N–H and O–H groups in total. The highest BCUT2D eigenvalue weighted by molar-refractivity contribution is 7.92. The van der Waals surface area contributed by atoms with Gasteiger partial charge in [-0.2, -0.15) is 0 Å². The van der Waals surface area contributed by atoms with Crippen molar-refractivity contribution in [2.45, 2.75) is 31.2 Å². The number of benzene rings is 3. The quantitative estimate of drug-likeness (QED) is 0.427. The van der Waals surface area contributed by atoms with Gasteiger partial charge < -0.3 is 10.1 Å². The third-order valence-electron chi connectivity index (χ3n) is 5.07. The van der Waals surface area contributed by atoms with E-state index >= 15 is 0 Å². The van der Waals surface area contributed by atoms with Crippen molar-refractivity contribution >= 4 is 33.2 Å². The van der Waals surface area contributed by atoms with Crippen LogP contribution in [0.5, 0.6) is 5.75 Å². The molecule has 0 aliphatic rings. The minimum atomic E-state index is -4.03. The summed E-state index contributed by atoms with van der Waals surface area (Å²) in [7, 11) is -4.03. The maximum atomic E-state index is 13.5. The molecule has 3 rings (SSSR count). The molecular formula is C25H27ClN2O4S. The number of amides is 1. The largest absolute Gasteiger partial charge is 0.494 e. The van der Waals surface area contributed by atoms with Gasteiger partial charge in [0.15, 0.2) is 0 Å². The van der Waals surface area contributed by atoms with Gasteiger partial charge in [-0.1, -0.05) is 48.9 Å². The molecule has 0 aliphatic heterocycles. The first-order chi connectivity index (χ1) is 15.8. The van der Waals surface area contributed by atoms with Crippen molar-refractivity contribution in [2.24, 2.45) is 0 Å². The molecule has 0 radical (unpaired) electrons. The Bertz CT molecular complexity index is 1150. The van der Waals surface area contributed by atoms with Crippen molar-refractivity contribution in [2.75, 3.05) is 17.5 Å². The Morgan fingerprint density at radius 3 is 2.18 bits per heavy atom. The van der Waals surface area contributed by atoms with E-state index in [0.29, 0.717) is 29.5 Å². The van der Waals surface area contributed by atoms with Gasteiger partial charge in [-0.25, -0.2) is 8.42 Å². The van der Waals surface area contributed by atoms with Crippen molar-refractivity contribution in [3.63, 3.8) is 0 Å². The Hall–Kier alpha value is -3.03. The van der Waals surface area contributed by atoms with E-state index in [1.165, 1.54) is 24.3 Å². The van der Waals surface area contributed by atoms with Crippen LogP contribution in [-0.4, -0.2) is 27.5 Å². The van der Waals surface area contributed by atoms with Crippen LogP contribution >= 0.6 is 11.6 Å². The van der Waals surface area contributed by atoms with Crippen LogP contribution < -0.4 is 14.4 Å². The van der Waals surface area contributed by atoms with Gasteiger partial charge in [-0.3, -0.25) is 9.10 Å². The highest BCUT2D eigenvalue weighted by Gasteiger charge is 2.28. The number of rotatable bonds is 10. The molecule has 174 valence electrons. The van der Waals surface area contributed by atoms with Gasteiger partial charge in [-0.15, -0.1) is 0 Å². The fraction of sp³-hybridized carbons (Fsp3) is 0.240. The summed E-state index contributed by atoms with van der Waals surface area (Å²) in [5.41, 5.74) is 1.32. The molecule has 0 bridgehead atoms. The maximum Gasteiger partial charge on any atom is 0.264 e. The average molecular weight is 487 g/mol. The zero-order valence-electron chi connectivity index (χ0n) is 18.6. The first kappa shape index (κ1) is 24.6. The molecule has 6 nitrogen and oxygen atoms in total. The summed E-state index contributed by atoms with van der Waals surface area (Å²) < 4.78 is 33.5. The summed E-state index contributed by atoms with van der Waals surface area (Å²) in [6.45, 7) is 3.95. The van der Waals surface area contributed by atoms with E-state index in [4.69, 9.17) is 16.3 Å². The number of sulfonamides is 1. The lowest BCUT2D eigenvalue weighted by molar-refractivity contribution is -0.120. The summed E-state index contributed by atoms with van der Waals surface area (Å²) in [5.74, 6) is 0.210. The predicted octanol–water partition coefficient (Wildman–Crippen LogP) is 5.20. The SMILES string of the molecule is CCOc1ccc(N(CC(=O)N[C@@H](CC)c2ccccc2)S(=O)(=O)c2ccc(Cl)cc2)cc1. The molecule has 0 aliphatic carbocycles. The number of ether oxygens (including phenoxy) is 1. The lowest BCUT2D eigenvalue weighted by Gasteiger charge is -2.26. The number of hydrogen-bond acceptors (Lipinski definition) is 4. The minimum absolute atomic E-state index is 0.0451. The second-order valence-corrected chi connectivity index (χ2v) is 9.63. The monoisotopic (exact) mass is 486 g/mol. The van der Waals surface area contributed by atoms with Gasteiger partial charge in [0.1, 0.15) is 12.3 Å². The van der Waals surface area contributed by atoms with E-state index in [9.17, 15) is 13.2 Å². The van der Waals surface area contributed by atoms with Gasteiger partial charge in [0.05, 0.1) is 23.2 Å². The summed E-state index contributed by atoms with van der Waals surface area (Å²) in [6.07, 6.45) is 0.669. The first-order valence-corrected chi connectivity index (χ1v) is 12.5. The molecule has 0 heterocycles. The predicted molar refractivity (Wildman–Crippen MR) is 131 cm³/mol. The van der Waals surface area contributed by atoms with Crippen molar-refractivity contribution in [1.29, 1.82) is 0 Å². The zero-order valence-corrected chi connectivity index (χ0v) is 20.1. The van der Waals surface area contributed by atoms with E-state index in [1.807, 2.05) is 44.2 Å². The van der Waals surface area contributed by atoms with Gasteiger partial charge in [0, 0.05) is 5.02 Å². The molecule has 33 heavy (non-hydrogen) atoms. The molecular weight excluding hydrogens is 460 g/mol. The van der Waals surface area contributed by atoms with E-state index in [2.05, 4.69) is 5.32 Å². The molecule has 0 unspecified atom stereocenters. The Morgan fingerprint density at radius 1 is 0.970 bits per heavy atom. The molecule has 0 spiro atoms. The third kappa shape index (κ3) is 6.27. The molecule has 3 aromatic rings. The maximum absolute atomic E-state index is 13.5. The lowest BCUT2D eigenvalue weighted by atomic mass is 10.0.